The maximum absolute atomic E-state index is 10.7. The van der Waals surface area contributed by atoms with E-state index in [1.165, 1.54) is 23.5 Å². The van der Waals surface area contributed by atoms with Crippen LogP contribution >= 0.6 is 11.3 Å². The number of hydrogen-bond donors (Lipinski definition) is 1. The van der Waals surface area contributed by atoms with E-state index in [0.29, 0.717) is 10.9 Å². The molecule has 1 heterocycles. The van der Waals surface area contributed by atoms with Gasteiger partial charge in [-0.3, -0.25) is 0 Å². The molecule has 2 rings (SSSR count). The number of aromatic carboxylic acids is 1. The number of thiazole rings is 1. The standard InChI is InChI=1S/C10H7NO3S/c12-9(13)7-2-1-3-8(6-7)14-10-11-4-5-15-10/h1-6H,(H,12,13). The van der Waals surface area contributed by atoms with E-state index in [-0.39, 0.29) is 5.56 Å². The van der Waals surface area contributed by atoms with Crippen LogP contribution in [0.1, 0.15) is 10.4 Å². The highest BCUT2D eigenvalue weighted by atomic mass is 32.1. The van der Waals surface area contributed by atoms with Gasteiger partial charge in [0.25, 0.3) is 5.19 Å². The summed E-state index contributed by atoms with van der Waals surface area (Å²) in [7, 11) is 0. The lowest BCUT2D eigenvalue weighted by molar-refractivity contribution is 0.0696. The third-order valence-electron chi connectivity index (χ3n) is 1.70. The first-order valence-corrected chi connectivity index (χ1v) is 5.04. The van der Waals surface area contributed by atoms with Crippen molar-refractivity contribution in [3.05, 3.63) is 41.4 Å². The average molecular weight is 221 g/mol. The van der Waals surface area contributed by atoms with Crippen LogP contribution in [0.25, 0.3) is 0 Å². The van der Waals surface area contributed by atoms with Gasteiger partial charge in [0.15, 0.2) is 0 Å². The number of carboxylic acid groups (broad SMARTS) is 1. The van der Waals surface area contributed by atoms with E-state index in [4.69, 9.17) is 9.84 Å². The van der Waals surface area contributed by atoms with Crippen molar-refractivity contribution in [2.45, 2.75) is 0 Å². The summed E-state index contributed by atoms with van der Waals surface area (Å²) in [5.74, 6) is -0.496. The Morgan fingerprint density at radius 3 is 3.00 bits per heavy atom. The van der Waals surface area contributed by atoms with Crippen LogP contribution in [0.5, 0.6) is 10.9 Å². The van der Waals surface area contributed by atoms with E-state index in [2.05, 4.69) is 4.98 Å². The third kappa shape index (κ3) is 2.32. The van der Waals surface area contributed by atoms with E-state index >= 15 is 0 Å². The molecule has 0 saturated heterocycles. The molecule has 0 unspecified atom stereocenters. The second-order valence-electron chi connectivity index (χ2n) is 2.73. The van der Waals surface area contributed by atoms with Gasteiger partial charge in [-0.15, -0.1) is 0 Å². The molecule has 1 aromatic heterocycles. The first-order chi connectivity index (χ1) is 7.25. The van der Waals surface area contributed by atoms with Crippen molar-refractivity contribution in [2.75, 3.05) is 0 Å². The van der Waals surface area contributed by atoms with Crippen LogP contribution in [0.4, 0.5) is 0 Å². The number of nitrogens with zero attached hydrogens (tertiary/aromatic N) is 1. The number of carbonyl (C=O) groups is 1. The van der Waals surface area contributed by atoms with Crippen LogP contribution in [0.3, 0.4) is 0 Å². The summed E-state index contributed by atoms with van der Waals surface area (Å²) in [5.41, 5.74) is 0.198. The van der Waals surface area contributed by atoms with Crippen LogP contribution < -0.4 is 4.74 Å². The Morgan fingerprint density at radius 1 is 1.47 bits per heavy atom. The topological polar surface area (TPSA) is 59.4 Å². The molecule has 0 saturated carbocycles. The molecule has 0 atom stereocenters. The molecule has 0 spiro atoms. The second-order valence-corrected chi connectivity index (χ2v) is 3.59. The van der Waals surface area contributed by atoms with E-state index in [1.807, 2.05) is 0 Å². The minimum atomic E-state index is -0.973. The van der Waals surface area contributed by atoms with Gasteiger partial charge < -0.3 is 9.84 Å². The van der Waals surface area contributed by atoms with Crippen molar-refractivity contribution >= 4 is 17.3 Å². The second kappa shape index (κ2) is 4.10. The number of carboxylic acids is 1. The summed E-state index contributed by atoms with van der Waals surface area (Å²) in [6, 6.07) is 6.29. The van der Waals surface area contributed by atoms with Gasteiger partial charge in [0.1, 0.15) is 5.75 Å². The van der Waals surface area contributed by atoms with Gasteiger partial charge in [0.05, 0.1) is 5.56 Å². The van der Waals surface area contributed by atoms with Crippen LogP contribution in [0.15, 0.2) is 35.8 Å². The lowest BCUT2D eigenvalue weighted by atomic mass is 10.2. The van der Waals surface area contributed by atoms with E-state index in [0.717, 1.165) is 0 Å². The quantitative estimate of drug-likeness (QED) is 0.865. The number of rotatable bonds is 3. The predicted octanol–water partition coefficient (Wildman–Crippen LogP) is 2.63. The molecular formula is C10H7NO3S. The predicted molar refractivity (Wildman–Crippen MR) is 55.6 cm³/mol. The maximum Gasteiger partial charge on any atom is 0.335 e. The van der Waals surface area contributed by atoms with Gasteiger partial charge in [-0.05, 0) is 18.2 Å². The Labute approximate surface area is 89.8 Å². The minimum absolute atomic E-state index is 0.198. The number of aromatic nitrogens is 1. The van der Waals surface area contributed by atoms with Gasteiger partial charge in [0, 0.05) is 11.6 Å². The summed E-state index contributed by atoms with van der Waals surface area (Å²) in [4.78, 5) is 14.6. The van der Waals surface area contributed by atoms with Gasteiger partial charge in [-0.2, -0.15) is 0 Å². The van der Waals surface area contributed by atoms with Crippen molar-refractivity contribution in [1.29, 1.82) is 0 Å². The summed E-state index contributed by atoms with van der Waals surface area (Å²) < 4.78 is 5.35. The zero-order valence-electron chi connectivity index (χ0n) is 7.58. The van der Waals surface area contributed by atoms with Crippen molar-refractivity contribution in [2.24, 2.45) is 0 Å². The fourth-order valence-electron chi connectivity index (χ4n) is 1.05. The van der Waals surface area contributed by atoms with Crippen molar-refractivity contribution in [3.8, 4) is 10.9 Å². The lowest BCUT2D eigenvalue weighted by Crippen LogP contribution is -1.95. The average Bonchev–Trinajstić information content (AvgIpc) is 2.71. The van der Waals surface area contributed by atoms with Crippen LogP contribution in [-0.4, -0.2) is 16.1 Å². The first kappa shape index (κ1) is 9.67. The third-order valence-corrected chi connectivity index (χ3v) is 2.34. The fraction of sp³-hybridized carbons (Fsp3) is 0. The highest BCUT2D eigenvalue weighted by Gasteiger charge is 2.05. The summed E-state index contributed by atoms with van der Waals surface area (Å²) in [6.45, 7) is 0. The SMILES string of the molecule is O=C(O)c1cccc(Oc2nccs2)c1. The van der Waals surface area contributed by atoms with E-state index in [9.17, 15) is 4.79 Å². The molecule has 0 fully saturated rings. The zero-order valence-corrected chi connectivity index (χ0v) is 8.40. The fourth-order valence-corrected chi connectivity index (χ4v) is 1.56. The van der Waals surface area contributed by atoms with Gasteiger partial charge in [-0.25, -0.2) is 9.78 Å². The largest absolute Gasteiger partial charge is 0.478 e. The number of benzene rings is 1. The molecule has 0 aliphatic rings. The molecule has 1 aromatic carbocycles. The Kier molecular flexibility index (Phi) is 2.64. The monoisotopic (exact) mass is 221 g/mol. The normalized spacial score (nSPS) is 9.87. The number of ether oxygens (including phenoxy) is 1. The molecule has 0 aliphatic heterocycles. The Hall–Kier alpha value is -1.88. The molecule has 1 N–H and O–H groups in total. The summed E-state index contributed by atoms with van der Waals surface area (Å²) in [5, 5.41) is 11.1. The van der Waals surface area contributed by atoms with Crippen molar-refractivity contribution in [1.82, 2.24) is 4.98 Å². The maximum atomic E-state index is 10.7. The summed E-state index contributed by atoms with van der Waals surface area (Å²) >= 11 is 1.35. The Balaban J connectivity index is 2.22. The Morgan fingerprint density at radius 2 is 2.33 bits per heavy atom. The summed E-state index contributed by atoms with van der Waals surface area (Å²) in [6.07, 6.45) is 1.63. The molecule has 4 nitrogen and oxygen atoms in total. The molecule has 76 valence electrons. The molecule has 2 aromatic rings. The van der Waals surface area contributed by atoms with Gasteiger partial charge >= 0.3 is 5.97 Å². The zero-order chi connectivity index (χ0) is 10.7. The molecular weight excluding hydrogens is 214 g/mol. The van der Waals surface area contributed by atoms with Crippen molar-refractivity contribution < 1.29 is 14.6 Å². The lowest BCUT2D eigenvalue weighted by Gasteiger charge is -2.01. The van der Waals surface area contributed by atoms with E-state index < -0.39 is 5.97 Å². The first-order valence-electron chi connectivity index (χ1n) is 4.16. The van der Waals surface area contributed by atoms with Crippen LogP contribution in [-0.2, 0) is 0 Å². The molecule has 5 heteroatoms. The molecule has 15 heavy (non-hydrogen) atoms. The molecule has 0 bridgehead atoms. The van der Waals surface area contributed by atoms with Crippen LogP contribution in [0, 0.1) is 0 Å². The van der Waals surface area contributed by atoms with E-state index in [1.54, 1.807) is 23.7 Å². The Bertz CT molecular complexity index is 467. The highest BCUT2D eigenvalue weighted by molar-refractivity contribution is 7.11. The smallest absolute Gasteiger partial charge is 0.335 e. The molecule has 0 aliphatic carbocycles. The van der Waals surface area contributed by atoms with Crippen molar-refractivity contribution in [3.63, 3.8) is 0 Å². The van der Waals surface area contributed by atoms with Crippen LogP contribution in [0.2, 0.25) is 0 Å². The molecule has 0 radical (unpaired) electrons. The number of hydrogen-bond acceptors (Lipinski definition) is 4. The minimum Gasteiger partial charge on any atom is -0.478 e. The molecule has 0 amide bonds. The van der Waals surface area contributed by atoms with Gasteiger partial charge in [0.2, 0.25) is 0 Å². The van der Waals surface area contributed by atoms with Gasteiger partial charge in [-0.1, -0.05) is 17.4 Å². The highest BCUT2D eigenvalue weighted by Crippen LogP contribution is 2.23.